The van der Waals surface area contributed by atoms with Crippen LogP contribution >= 0.6 is 0 Å². The number of amides is 1. The van der Waals surface area contributed by atoms with E-state index in [1.165, 1.54) is 4.31 Å². The zero-order chi connectivity index (χ0) is 20.9. The van der Waals surface area contributed by atoms with E-state index in [0.29, 0.717) is 5.92 Å². The van der Waals surface area contributed by atoms with Crippen LogP contribution in [0.25, 0.3) is 0 Å². The second-order valence-corrected chi connectivity index (χ2v) is 8.89. The van der Waals surface area contributed by atoms with Crippen LogP contribution in [0.2, 0.25) is 0 Å². The number of carbonyl (C=O) groups excluding carboxylic acids is 1. The maximum Gasteiger partial charge on any atom is 0.405 e. The minimum absolute atomic E-state index is 0.183. The first-order chi connectivity index (χ1) is 13.0. The van der Waals surface area contributed by atoms with Crippen molar-refractivity contribution < 1.29 is 26.4 Å². The van der Waals surface area contributed by atoms with Crippen LogP contribution in [0.15, 0.2) is 29.2 Å². The Labute approximate surface area is 163 Å². The van der Waals surface area contributed by atoms with Gasteiger partial charge in [-0.1, -0.05) is 26.0 Å². The standard InChI is InChI=1S/C18H26F3N3O3S/c1-3-14(2)15-4-6-16(7-5-15)28(26,27)24-10-8-23(9-11-24)12-17(25)22-13-18(19,20)21/h4-7,14H,3,8-13H2,1-2H3,(H,22,25)/t14-/m1/s1. The fourth-order valence-electron chi connectivity index (χ4n) is 2.94. The van der Waals surface area contributed by atoms with Crippen LogP contribution in [0.4, 0.5) is 13.2 Å². The number of hydrogen-bond donors (Lipinski definition) is 1. The molecule has 28 heavy (non-hydrogen) atoms. The molecule has 2 rings (SSSR count). The van der Waals surface area contributed by atoms with Crippen molar-refractivity contribution in [3.8, 4) is 0 Å². The average Bonchev–Trinajstić information content (AvgIpc) is 2.66. The monoisotopic (exact) mass is 421 g/mol. The van der Waals surface area contributed by atoms with E-state index in [-0.39, 0.29) is 37.6 Å². The van der Waals surface area contributed by atoms with Crippen LogP contribution < -0.4 is 5.32 Å². The van der Waals surface area contributed by atoms with Crippen LogP contribution in [-0.4, -0.2) is 69.0 Å². The zero-order valence-corrected chi connectivity index (χ0v) is 16.8. The highest BCUT2D eigenvalue weighted by Gasteiger charge is 2.30. The smallest absolute Gasteiger partial charge is 0.346 e. The van der Waals surface area contributed by atoms with E-state index in [9.17, 15) is 26.4 Å². The minimum atomic E-state index is -4.45. The van der Waals surface area contributed by atoms with E-state index >= 15 is 0 Å². The van der Waals surface area contributed by atoms with E-state index in [4.69, 9.17) is 0 Å². The molecule has 0 aliphatic carbocycles. The van der Waals surface area contributed by atoms with Gasteiger partial charge in [-0.25, -0.2) is 8.42 Å². The number of nitrogens with one attached hydrogen (secondary N) is 1. The molecule has 0 saturated carbocycles. The first-order valence-electron chi connectivity index (χ1n) is 9.19. The van der Waals surface area contributed by atoms with Gasteiger partial charge in [0.15, 0.2) is 0 Å². The lowest BCUT2D eigenvalue weighted by Gasteiger charge is -2.33. The van der Waals surface area contributed by atoms with Crippen LogP contribution in [0.3, 0.4) is 0 Å². The number of hydrogen-bond acceptors (Lipinski definition) is 4. The summed E-state index contributed by atoms with van der Waals surface area (Å²) in [6, 6.07) is 6.85. The summed E-state index contributed by atoms with van der Waals surface area (Å²) in [7, 11) is -3.64. The lowest BCUT2D eigenvalue weighted by molar-refractivity contribution is -0.139. The fraction of sp³-hybridized carbons (Fsp3) is 0.611. The largest absolute Gasteiger partial charge is 0.405 e. The molecule has 158 valence electrons. The summed E-state index contributed by atoms with van der Waals surface area (Å²) in [5.74, 6) is -0.377. The Kier molecular flexibility index (Phi) is 7.46. The Morgan fingerprint density at radius 2 is 1.71 bits per heavy atom. The normalized spacial score (nSPS) is 18.0. The molecule has 1 N–H and O–H groups in total. The Morgan fingerprint density at radius 3 is 2.21 bits per heavy atom. The number of piperazine rings is 1. The first kappa shape index (κ1) is 22.6. The molecule has 0 unspecified atom stereocenters. The van der Waals surface area contributed by atoms with E-state index in [1.807, 2.05) is 17.4 Å². The highest BCUT2D eigenvalue weighted by molar-refractivity contribution is 7.89. The molecule has 1 atom stereocenters. The summed E-state index contributed by atoms with van der Waals surface area (Å²) in [4.78, 5) is 13.4. The molecule has 1 heterocycles. The van der Waals surface area contributed by atoms with Crippen molar-refractivity contribution in [3.05, 3.63) is 29.8 Å². The fourth-order valence-corrected chi connectivity index (χ4v) is 4.36. The Hall–Kier alpha value is -1.65. The number of carbonyl (C=O) groups is 1. The van der Waals surface area contributed by atoms with Crippen molar-refractivity contribution >= 4 is 15.9 Å². The molecule has 10 heteroatoms. The van der Waals surface area contributed by atoms with Crippen molar-refractivity contribution in [1.82, 2.24) is 14.5 Å². The van der Waals surface area contributed by atoms with Crippen LogP contribution in [0.1, 0.15) is 31.7 Å². The van der Waals surface area contributed by atoms with Crippen molar-refractivity contribution in [2.45, 2.75) is 37.3 Å². The van der Waals surface area contributed by atoms with E-state index in [2.05, 4.69) is 13.8 Å². The predicted molar refractivity (Wildman–Crippen MR) is 99.4 cm³/mol. The molecule has 1 aromatic rings. The maximum atomic E-state index is 12.8. The molecular formula is C18H26F3N3O3S. The third-order valence-electron chi connectivity index (χ3n) is 4.88. The summed E-state index contributed by atoms with van der Waals surface area (Å²) in [6.45, 7) is 3.52. The van der Waals surface area contributed by atoms with Gasteiger partial charge in [0, 0.05) is 26.2 Å². The van der Waals surface area contributed by atoms with Gasteiger partial charge in [-0.2, -0.15) is 17.5 Å². The summed E-state index contributed by atoms with van der Waals surface area (Å²) in [5, 5.41) is 1.82. The SMILES string of the molecule is CC[C@@H](C)c1ccc(S(=O)(=O)N2CCN(CC(=O)NCC(F)(F)F)CC2)cc1. The number of halogens is 3. The summed E-state index contributed by atoms with van der Waals surface area (Å²) in [5.41, 5.74) is 1.08. The van der Waals surface area contributed by atoms with Crippen LogP contribution in [0, 0.1) is 0 Å². The molecule has 1 saturated heterocycles. The predicted octanol–water partition coefficient (Wildman–Crippen LogP) is 2.18. The third kappa shape index (κ3) is 6.18. The molecule has 0 bridgehead atoms. The molecular weight excluding hydrogens is 395 g/mol. The molecule has 0 aromatic heterocycles. The molecule has 6 nitrogen and oxygen atoms in total. The van der Waals surface area contributed by atoms with Gasteiger partial charge in [-0.3, -0.25) is 9.69 Å². The number of alkyl halides is 3. The number of sulfonamides is 1. The summed E-state index contributed by atoms with van der Waals surface area (Å²) in [6.07, 6.45) is -3.49. The van der Waals surface area contributed by atoms with Crippen molar-refractivity contribution in [2.75, 3.05) is 39.3 Å². The first-order valence-corrected chi connectivity index (χ1v) is 10.6. The van der Waals surface area contributed by atoms with E-state index in [1.54, 1.807) is 17.0 Å². The zero-order valence-electron chi connectivity index (χ0n) is 16.0. The summed E-state index contributed by atoms with van der Waals surface area (Å²) >= 11 is 0. The second-order valence-electron chi connectivity index (χ2n) is 6.95. The van der Waals surface area contributed by atoms with Gasteiger partial charge in [0.05, 0.1) is 11.4 Å². The van der Waals surface area contributed by atoms with Gasteiger partial charge in [0.1, 0.15) is 6.54 Å². The van der Waals surface area contributed by atoms with Crippen molar-refractivity contribution in [1.29, 1.82) is 0 Å². The van der Waals surface area contributed by atoms with Crippen LogP contribution in [-0.2, 0) is 14.8 Å². The van der Waals surface area contributed by atoms with Crippen molar-refractivity contribution in [2.24, 2.45) is 0 Å². The van der Waals surface area contributed by atoms with Crippen LogP contribution in [0.5, 0.6) is 0 Å². The van der Waals surface area contributed by atoms with Gasteiger partial charge in [-0.15, -0.1) is 0 Å². The molecule has 1 aromatic carbocycles. The lowest BCUT2D eigenvalue weighted by Crippen LogP contribution is -2.51. The Morgan fingerprint density at radius 1 is 1.14 bits per heavy atom. The van der Waals surface area contributed by atoms with E-state index in [0.717, 1.165) is 12.0 Å². The minimum Gasteiger partial charge on any atom is -0.346 e. The quantitative estimate of drug-likeness (QED) is 0.733. The summed E-state index contributed by atoms with van der Waals surface area (Å²) < 4.78 is 63.3. The Bertz CT molecular complexity index is 759. The highest BCUT2D eigenvalue weighted by Crippen LogP contribution is 2.23. The number of rotatable bonds is 7. The lowest BCUT2D eigenvalue weighted by atomic mass is 9.99. The average molecular weight is 421 g/mol. The molecule has 0 spiro atoms. The van der Waals surface area contributed by atoms with Gasteiger partial charge >= 0.3 is 6.18 Å². The van der Waals surface area contributed by atoms with Gasteiger partial charge < -0.3 is 5.32 Å². The molecule has 1 fully saturated rings. The molecule has 1 aliphatic rings. The second kappa shape index (κ2) is 9.23. The van der Waals surface area contributed by atoms with Gasteiger partial charge in [-0.05, 0) is 30.0 Å². The van der Waals surface area contributed by atoms with E-state index < -0.39 is 28.7 Å². The topological polar surface area (TPSA) is 69.7 Å². The molecule has 1 amide bonds. The van der Waals surface area contributed by atoms with Gasteiger partial charge in [0.2, 0.25) is 15.9 Å². The molecule has 1 aliphatic heterocycles. The highest BCUT2D eigenvalue weighted by atomic mass is 32.2. The molecule has 0 radical (unpaired) electrons. The number of nitrogens with zero attached hydrogens (tertiary/aromatic N) is 2. The van der Waals surface area contributed by atoms with Crippen molar-refractivity contribution in [3.63, 3.8) is 0 Å². The third-order valence-corrected chi connectivity index (χ3v) is 6.80. The number of benzene rings is 1. The van der Waals surface area contributed by atoms with Gasteiger partial charge in [0.25, 0.3) is 0 Å². The maximum absolute atomic E-state index is 12.8. The Balaban J connectivity index is 1.90.